The molecule has 18 heavy (non-hydrogen) atoms. The van der Waals surface area contributed by atoms with E-state index in [1.165, 1.54) is 11.1 Å². The van der Waals surface area contributed by atoms with E-state index in [-0.39, 0.29) is 6.04 Å². The number of hydrogen-bond donors (Lipinski definition) is 1. The quantitative estimate of drug-likeness (QED) is 0.840. The lowest BCUT2D eigenvalue weighted by molar-refractivity contribution is 0.222. The Kier molecular flexibility index (Phi) is 4.61. The minimum atomic E-state index is 0.200. The molecular formula is C15H24N2O. The van der Waals surface area contributed by atoms with Crippen molar-refractivity contribution in [2.45, 2.75) is 32.7 Å². The molecule has 0 aromatic heterocycles. The largest absolute Gasteiger partial charge is 0.492 e. The van der Waals surface area contributed by atoms with Crippen molar-refractivity contribution in [2.75, 3.05) is 26.2 Å². The van der Waals surface area contributed by atoms with E-state index in [1.807, 2.05) is 0 Å². The highest BCUT2D eigenvalue weighted by atomic mass is 16.5. The fourth-order valence-electron chi connectivity index (χ4n) is 2.61. The van der Waals surface area contributed by atoms with Gasteiger partial charge in [0.25, 0.3) is 0 Å². The summed E-state index contributed by atoms with van der Waals surface area (Å²) in [5, 5.41) is 0. The topological polar surface area (TPSA) is 38.5 Å². The van der Waals surface area contributed by atoms with Crippen LogP contribution in [0.5, 0.6) is 5.75 Å². The summed E-state index contributed by atoms with van der Waals surface area (Å²) < 4.78 is 5.93. The normalized spacial score (nSPS) is 18.1. The molecule has 0 fully saturated rings. The van der Waals surface area contributed by atoms with E-state index in [9.17, 15) is 0 Å². The monoisotopic (exact) mass is 248 g/mol. The van der Waals surface area contributed by atoms with Gasteiger partial charge in [-0.3, -0.25) is 0 Å². The molecule has 0 amide bonds. The van der Waals surface area contributed by atoms with E-state index < -0.39 is 0 Å². The highest BCUT2D eigenvalue weighted by Gasteiger charge is 2.21. The van der Waals surface area contributed by atoms with Crippen LogP contribution in [-0.4, -0.2) is 31.1 Å². The van der Waals surface area contributed by atoms with Gasteiger partial charge in [-0.1, -0.05) is 26.0 Å². The molecule has 0 saturated carbocycles. The molecule has 2 N–H and O–H groups in total. The van der Waals surface area contributed by atoms with Crippen molar-refractivity contribution in [3.63, 3.8) is 0 Å². The molecule has 1 aromatic rings. The predicted molar refractivity (Wildman–Crippen MR) is 75.0 cm³/mol. The van der Waals surface area contributed by atoms with Crippen LogP contribution in [0.4, 0.5) is 0 Å². The Morgan fingerprint density at radius 2 is 2.11 bits per heavy atom. The van der Waals surface area contributed by atoms with Crippen LogP contribution in [0.3, 0.4) is 0 Å². The van der Waals surface area contributed by atoms with Gasteiger partial charge in [0.2, 0.25) is 0 Å². The summed E-state index contributed by atoms with van der Waals surface area (Å²) in [6.45, 7) is 8.27. The first-order chi connectivity index (χ1) is 8.76. The summed E-state index contributed by atoms with van der Waals surface area (Å²) in [6, 6.07) is 6.45. The van der Waals surface area contributed by atoms with Crippen molar-refractivity contribution in [1.82, 2.24) is 4.90 Å². The SMILES string of the molecule is CCN(CC)CCOc1cccc2c1CCC2N. The van der Waals surface area contributed by atoms with Crippen LogP contribution in [0.15, 0.2) is 18.2 Å². The van der Waals surface area contributed by atoms with Gasteiger partial charge in [0.15, 0.2) is 0 Å². The zero-order valence-electron chi connectivity index (χ0n) is 11.5. The van der Waals surface area contributed by atoms with Gasteiger partial charge in [0.1, 0.15) is 12.4 Å². The lowest BCUT2D eigenvalue weighted by Gasteiger charge is -2.19. The number of likely N-dealkylation sites (N-methyl/N-ethyl adjacent to an activating group) is 1. The summed E-state index contributed by atoms with van der Waals surface area (Å²) in [5.41, 5.74) is 8.67. The standard InChI is InChI=1S/C15H24N2O/c1-3-17(4-2)10-11-18-15-7-5-6-12-13(15)8-9-14(12)16/h5-7,14H,3-4,8-11,16H2,1-2H3. The maximum atomic E-state index is 6.07. The number of nitrogens with zero attached hydrogens (tertiary/aromatic N) is 1. The Morgan fingerprint density at radius 1 is 1.33 bits per heavy atom. The van der Waals surface area contributed by atoms with E-state index in [2.05, 4.69) is 36.9 Å². The molecule has 3 nitrogen and oxygen atoms in total. The minimum absolute atomic E-state index is 0.200. The number of ether oxygens (including phenoxy) is 1. The lowest BCUT2D eigenvalue weighted by Crippen LogP contribution is -2.28. The third kappa shape index (κ3) is 2.85. The van der Waals surface area contributed by atoms with Gasteiger partial charge >= 0.3 is 0 Å². The Balaban J connectivity index is 1.95. The first kappa shape index (κ1) is 13.4. The third-order valence-electron chi connectivity index (χ3n) is 3.83. The summed E-state index contributed by atoms with van der Waals surface area (Å²) >= 11 is 0. The van der Waals surface area contributed by atoms with Crippen molar-refractivity contribution in [1.29, 1.82) is 0 Å². The number of nitrogens with two attached hydrogens (primary N) is 1. The van der Waals surface area contributed by atoms with Gasteiger partial charge in [-0.05, 0) is 43.1 Å². The van der Waals surface area contributed by atoms with Crippen molar-refractivity contribution in [2.24, 2.45) is 5.73 Å². The molecule has 1 aromatic carbocycles. The predicted octanol–water partition coefficient (Wildman–Crippen LogP) is 2.35. The van der Waals surface area contributed by atoms with Gasteiger partial charge in [-0.15, -0.1) is 0 Å². The molecule has 1 aliphatic carbocycles. The van der Waals surface area contributed by atoms with Gasteiger partial charge in [0.05, 0.1) is 0 Å². The molecule has 1 atom stereocenters. The van der Waals surface area contributed by atoms with Gasteiger partial charge in [-0.2, -0.15) is 0 Å². The van der Waals surface area contributed by atoms with Crippen LogP contribution >= 0.6 is 0 Å². The average molecular weight is 248 g/mol. The molecule has 1 aliphatic rings. The summed E-state index contributed by atoms with van der Waals surface area (Å²) in [6.07, 6.45) is 2.10. The van der Waals surface area contributed by atoms with E-state index in [0.29, 0.717) is 0 Å². The molecule has 0 bridgehead atoms. The van der Waals surface area contributed by atoms with Crippen molar-refractivity contribution in [3.8, 4) is 5.75 Å². The third-order valence-corrected chi connectivity index (χ3v) is 3.83. The van der Waals surface area contributed by atoms with E-state index in [1.54, 1.807) is 0 Å². The number of fused-ring (bicyclic) bond motifs is 1. The number of hydrogen-bond acceptors (Lipinski definition) is 3. The first-order valence-corrected chi connectivity index (χ1v) is 6.98. The molecule has 3 heteroatoms. The maximum absolute atomic E-state index is 6.07. The molecule has 0 aliphatic heterocycles. The van der Waals surface area contributed by atoms with Crippen molar-refractivity contribution >= 4 is 0 Å². The summed E-state index contributed by atoms with van der Waals surface area (Å²) in [7, 11) is 0. The average Bonchev–Trinajstić information content (AvgIpc) is 2.78. The van der Waals surface area contributed by atoms with E-state index in [4.69, 9.17) is 10.5 Å². The Bertz CT molecular complexity index is 388. The second kappa shape index (κ2) is 6.21. The summed E-state index contributed by atoms with van der Waals surface area (Å²) in [4.78, 5) is 2.37. The molecule has 100 valence electrons. The molecule has 2 rings (SSSR count). The number of rotatable bonds is 6. The molecular weight excluding hydrogens is 224 g/mol. The van der Waals surface area contributed by atoms with Crippen molar-refractivity contribution in [3.05, 3.63) is 29.3 Å². The molecule has 0 spiro atoms. The maximum Gasteiger partial charge on any atom is 0.122 e. The zero-order valence-corrected chi connectivity index (χ0v) is 11.5. The Morgan fingerprint density at radius 3 is 2.83 bits per heavy atom. The zero-order chi connectivity index (χ0) is 13.0. The van der Waals surface area contributed by atoms with E-state index in [0.717, 1.165) is 44.8 Å². The highest BCUT2D eigenvalue weighted by Crippen LogP contribution is 2.35. The van der Waals surface area contributed by atoms with Crippen molar-refractivity contribution < 1.29 is 4.74 Å². The van der Waals surface area contributed by atoms with Crippen LogP contribution < -0.4 is 10.5 Å². The molecule has 0 saturated heterocycles. The smallest absolute Gasteiger partial charge is 0.122 e. The molecule has 0 radical (unpaired) electrons. The number of benzene rings is 1. The lowest BCUT2D eigenvalue weighted by atomic mass is 10.1. The van der Waals surface area contributed by atoms with Gasteiger partial charge < -0.3 is 15.4 Å². The fourth-order valence-corrected chi connectivity index (χ4v) is 2.61. The van der Waals surface area contributed by atoms with E-state index >= 15 is 0 Å². The van der Waals surface area contributed by atoms with Crippen LogP contribution in [0.2, 0.25) is 0 Å². The van der Waals surface area contributed by atoms with Crippen LogP contribution in [0.1, 0.15) is 37.4 Å². The second-order valence-corrected chi connectivity index (χ2v) is 4.84. The molecule has 0 heterocycles. The Labute approximate surface area is 110 Å². The van der Waals surface area contributed by atoms with Gasteiger partial charge in [0, 0.05) is 12.6 Å². The fraction of sp³-hybridized carbons (Fsp3) is 0.600. The van der Waals surface area contributed by atoms with Crippen LogP contribution in [0, 0.1) is 0 Å². The Hall–Kier alpha value is -1.06. The molecule has 1 unspecified atom stereocenters. The van der Waals surface area contributed by atoms with Crippen LogP contribution in [-0.2, 0) is 6.42 Å². The second-order valence-electron chi connectivity index (χ2n) is 4.84. The summed E-state index contributed by atoms with van der Waals surface area (Å²) in [5.74, 6) is 1.03. The minimum Gasteiger partial charge on any atom is -0.492 e. The van der Waals surface area contributed by atoms with Crippen LogP contribution in [0.25, 0.3) is 0 Å². The highest BCUT2D eigenvalue weighted by molar-refractivity contribution is 5.44. The first-order valence-electron chi connectivity index (χ1n) is 6.98. The van der Waals surface area contributed by atoms with Gasteiger partial charge in [-0.25, -0.2) is 0 Å².